The topological polar surface area (TPSA) is 0 Å². The van der Waals surface area contributed by atoms with Crippen LogP contribution in [0.3, 0.4) is 0 Å². The summed E-state index contributed by atoms with van der Waals surface area (Å²) < 4.78 is 0. The second-order valence-corrected chi connectivity index (χ2v) is 15.2. The van der Waals surface area contributed by atoms with E-state index in [-0.39, 0.29) is 10.8 Å². The minimum atomic E-state index is -0.126. The maximum atomic E-state index is 2.51. The van der Waals surface area contributed by atoms with Crippen LogP contribution in [0.2, 0.25) is 0 Å². The standard InChI is InChI=1S/C50H38/c1-49(2)42-24-14-12-18-34(42)40-30-41-35-19-13-15-25-43(35)50(3,4)48(41)46(47(40)49)33-28-26-32(27-29-33)45-38-22-10-8-20-36(38)44(31-16-6-5-7-17-31)37-21-9-11-23-39(37)45/h5-30H,1-4H3. The van der Waals surface area contributed by atoms with Crippen LogP contribution in [-0.4, -0.2) is 0 Å². The molecule has 0 spiro atoms. The second-order valence-electron chi connectivity index (χ2n) is 15.2. The summed E-state index contributed by atoms with van der Waals surface area (Å²) in [6.07, 6.45) is 0. The highest BCUT2D eigenvalue weighted by atomic mass is 14.5. The van der Waals surface area contributed by atoms with Gasteiger partial charge in [-0.15, -0.1) is 0 Å². The Kier molecular flexibility index (Phi) is 6.07. The number of hydrogen-bond acceptors (Lipinski definition) is 0. The molecule has 0 nitrogen and oxygen atoms in total. The Morgan fingerprint density at radius 2 is 0.640 bits per heavy atom. The van der Waals surface area contributed by atoms with Gasteiger partial charge in [-0.05, 0) is 105 Å². The van der Waals surface area contributed by atoms with Gasteiger partial charge in [-0.2, -0.15) is 0 Å². The van der Waals surface area contributed by atoms with Crippen molar-refractivity contribution >= 4 is 21.5 Å². The molecule has 0 N–H and O–H groups in total. The number of benzene rings is 8. The van der Waals surface area contributed by atoms with Crippen molar-refractivity contribution in [1.29, 1.82) is 0 Å². The minimum Gasteiger partial charge on any atom is -0.0622 e. The van der Waals surface area contributed by atoms with Crippen LogP contribution >= 0.6 is 0 Å². The third-order valence-corrected chi connectivity index (χ3v) is 11.8. The Labute approximate surface area is 294 Å². The first-order valence-corrected chi connectivity index (χ1v) is 17.9. The van der Waals surface area contributed by atoms with E-state index in [4.69, 9.17) is 0 Å². The highest BCUT2D eigenvalue weighted by molar-refractivity contribution is 6.21. The molecule has 50 heavy (non-hydrogen) atoms. The summed E-state index contributed by atoms with van der Waals surface area (Å²) in [5, 5.41) is 5.14. The SMILES string of the molecule is CC1(C)c2ccccc2-c2cc3c(c(-c4ccc(-c5c6ccccc6c(-c6ccccc6)c6ccccc56)cc4)c21)C(C)(C)c1ccccc1-3. The van der Waals surface area contributed by atoms with E-state index in [1.807, 2.05) is 0 Å². The molecule has 0 saturated carbocycles. The van der Waals surface area contributed by atoms with Gasteiger partial charge in [0.25, 0.3) is 0 Å². The molecule has 0 heterocycles. The van der Waals surface area contributed by atoms with Gasteiger partial charge in [0.2, 0.25) is 0 Å². The van der Waals surface area contributed by atoms with Crippen LogP contribution in [0.5, 0.6) is 0 Å². The molecule has 0 aliphatic heterocycles. The monoisotopic (exact) mass is 638 g/mol. The summed E-state index contributed by atoms with van der Waals surface area (Å²) in [4.78, 5) is 0. The fourth-order valence-electron chi connectivity index (χ4n) is 9.65. The summed E-state index contributed by atoms with van der Waals surface area (Å²) in [6, 6.07) is 58.9. The molecule has 0 fully saturated rings. The van der Waals surface area contributed by atoms with Crippen LogP contribution in [-0.2, 0) is 10.8 Å². The minimum absolute atomic E-state index is 0.126. The summed E-state index contributed by atoms with van der Waals surface area (Å²) in [5.74, 6) is 0. The molecule has 238 valence electrons. The van der Waals surface area contributed by atoms with Crippen molar-refractivity contribution in [3.63, 3.8) is 0 Å². The maximum Gasteiger partial charge on any atom is 0.0165 e. The normalized spacial score (nSPS) is 14.7. The molecule has 0 radical (unpaired) electrons. The lowest BCUT2D eigenvalue weighted by Gasteiger charge is -2.31. The van der Waals surface area contributed by atoms with Gasteiger partial charge in [-0.3, -0.25) is 0 Å². The van der Waals surface area contributed by atoms with Gasteiger partial charge >= 0.3 is 0 Å². The van der Waals surface area contributed by atoms with E-state index in [2.05, 4.69) is 185 Å². The van der Waals surface area contributed by atoms with Crippen molar-refractivity contribution in [1.82, 2.24) is 0 Å². The molecule has 2 aliphatic carbocycles. The molecule has 8 aromatic rings. The van der Waals surface area contributed by atoms with Crippen molar-refractivity contribution in [2.45, 2.75) is 38.5 Å². The van der Waals surface area contributed by atoms with Gasteiger partial charge in [0.05, 0.1) is 0 Å². The highest BCUT2D eigenvalue weighted by Crippen LogP contribution is 2.60. The van der Waals surface area contributed by atoms with Crippen LogP contribution in [0.1, 0.15) is 49.9 Å². The third-order valence-electron chi connectivity index (χ3n) is 11.8. The summed E-state index contributed by atoms with van der Waals surface area (Å²) in [7, 11) is 0. The molecule has 10 rings (SSSR count). The molecular weight excluding hydrogens is 601 g/mol. The first kappa shape index (κ1) is 29.2. The average molecular weight is 639 g/mol. The van der Waals surface area contributed by atoms with Crippen molar-refractivity contribution < 1.29 is 0 Å². The van der Waals surface area contributed by atoms with Crippen LogP contribution in [0.4, 0.5) is 0 Å². The van der Waals surface area contributed by atoms with Gasteiger partial charge in [0.1, 0.15) is 0 Å². The van der Waals surface area contributed by atoms with Gasteiger partial charge in [-0.1, -0.05) is 179 Å². The fourth-order valence-corrected chi connectivity index (χ4v) is 9.65. The van der Waals surface area contributed by atoms with Gasteiger partial charge in [-0.25, -0.2) is 0 Å². The van der Waals surface area contributed by atoms with Crippen molar-refractivity contribution in [3.8, 4) is 55.6 Å². The maximum absolute atomic E-state index is 2.51. The smallest absolute Gasteiger partial charge is 0.0165 e. The highest BCUT2D eigenvalue weighted by Gasteiger charge is 2.45. The molecule has 0 bridgehead atoms. The number of hydrogen-bond donors (Lipinski definition) is 0. The van der Waals surface area contributed by atoms with E-state index in [9.17, 15) is 0 Å². The molecular formula is C50H38. The van der Waals surface area contributed by atoms with Crippen molar-refractivity contribution in [2.75, 3.05) is 0 Å². The molecule has 0 unspecified atom stereocenters. The zero-order valence-corrected chi connectivity index (χ0v) is 29.0. The summed E-state index contributed by atoms with van der Waals surface area (Å²) in [6.45, 7) is 9.68. The molecule has 2 aliphatic rings. The predicted molar refractivity (Wildman–Crippen MR) is 213 cm³/mol. The van der Waals surface area contributed by atoms with Crippen LogP contribution in [0.15, 0.2) is 158 Å². The Morgan fingerprint density at radius 1 is 0.300 bits per heavy atom. The number of rotatable bonds is 3. The number of fused-ring (bicyclic) bond motifs is 8. The Balaban J connectivity index is 1.24. The van der Waals surface area contributed by atoms with Crippen molar-refractivity contribution in [2.24, 2.45) is 0 Å². The quantitative estimate of drug-likeness (QED) is 0.169. The molecule has 0 saturated heterocycles. The predicted octanol–water partition coefficient (Wildman–Crippen LogP) is 13.6. The average Bonchev–Trinajstić information content (AvgIpc) is 3.53. The van der Waals surface area contributed by atoms with E-state index in [1.54, 1.807) is 0 Å². The Bertz CT molecular complexity index is 2530. The zero-order chi connectivity index (χ0) is 33.8. The zero-order valence-electron chi connectivity index (χ0n) is 29.0. The Hall–Kier alpha value is -5.72. The van der Waals surface area contributed by atoms with Crippen molar-refractivity contribution in [3.05, 3.63) is 180 Å². The van der Waals surface area contributed by atoms with E-state index >= 15 is 0 Å². The van der Waals surface area contributed by atoms with Crippen LogP contribution in [0, 0.1) is 0 Å². The van der Waals surface area contributed by atoms with E-state index in [1.165, 1.54) is 99.4 Å². The first-order chi connectivity index (χ1) is 24.4. The lowest BCUT2D eigenvalue weighted by Crippen LogP contribution is -2.21. The van der Waals surface area contributed by atoms with E-state index < -0.39 is 0 Å². The lowest BCUT2D eigenvalue weighted by atomic mass is 9.72. The molecule has 0 amide bonds. The van der Waals surface area contributed by atoms with E-state index in [0.717, 1.165) is 0 Å². The lowest BCUT2D eigenvalue weighted by molar-refractivity contribution is 0.642. The van der Waals surface area contributed by atoms with Gasteiger partial charge < -0.3 is 0 Å². The third kappa shape index (κ3) is 3.88. The largest absolute Gasteiger partial charge is 0.0622 e. The van der Waals surface area contributed by atoms with Gasteiger partial charge in [0.15, 0.2) is 0 Å². The summed E-state index contributed by atoms with van der Waals surface area (Å²) in [5.41, 5.74) is 18.8. The van der Waals surface area contributed by atoms with E-state index in [0.29, 0.717) is 0 Å². The second kappa shape index (κ2) is 10.4. The fraction of sp³-hybridized carbons (Fsp3) is 0.120. The van der Waals surface area contributed by atoms with Crippen LogP contribution in [0.25, 0.3) is 77.2 Å². The van der Waals surface area contributed by atoms with Crippen LogP contribution < -0.4 is 0 Å². The molecule has 0 atom stereocenters. The molecule has 0 heteroatoms. The first-order valence-electron chi connectivity index (χ1n) is 17.9. The Morgan fingerprint density at radius 3 is 1.08 bits per heavy atom. The molecule has 8 aromatic carbocycles. The van der Waals surface area contributed by atoms with Gasteiger partial charge in [0, 0.05) is 10.8 Å². The molecule has 0 aromatic heterocycles. The summed E-state index contributed by atoms with van der Waals surface area (Å²) >= 11 is 0.